The summed E-state index contributed by atoms with van der Waals surface area (Å²) in [6.07, 6.45) is 3.52. The maximum absolute atomic E-state index is 12.0. The van der Waals surface area contributed by atoms with Crippen LogP contribution in [-0.2, 0) is 4.79 Å². The lowest BCUT2D eigenvalue weighted by Gasteiger charge is -2.26. The van der Waals surface area contributed by atoms with E-state index in [-0.39, 0.29) is 11.8 Å². The maximum Gasteiger partial charge on any atom is 0.228 e. The molecule has 1 aliphatic rings. The van der Waals surface area contributed by atoms with Crippen molar-refractivity contribution in [3.63, 3.8) is 0 Å². The smallest absolute Gasteiger partial charge is 0.228 e. The zero-order chi connectivity index (χ0) is 12.3. The molecule has 1 fully saturated rings. The number of aryl methyl sites for hydroxylation is 1. The van der Waals surface area contributed by atoms with E-state index in [0.717, 1.165) is 24.9 Å². The Labute approximate surface area is 102 Å². The fourth-order valence-corrected chi connectivity index (χ4v) is 2.20. The van der Waals surface area contributed by atoms with E-state index < -0.39 is 0 Å². The molecule has 1 aliphatic heterocycles. The van der Waals surface area contributed by atoms with Gasteiger partial charge in [0.15, 0.2) is 0 Å². The van der Waals surface area contributed by atoms with Crippen LogP contribution < -0.4 is 10.6 Å². The Kier molecular flexibility index (Phi) is 3.74. The number of piperidine rings is 1. The van der Waals surface area contributed by atoms with Gasteiger partial charge in [0.05, 0.1) is 0 Å². The molecule has 2 heterocycles. The van der Waals surface area contributed by atoms with Crippen molar-refractivity contribution in [3.8, 4) is 0 Å². The fourth-order valence-electron chi connectivity index (χ4n) is 2.20. The van der Waals surface area contributed by atoms with Gasteiger partial charge in [-0.3, -0.25) is 4.79 Å². The Morgan fingerprint density at radius 3 is 3.12 bits per heavy atom. The van der Waals surface area contributed by atoms with Gasteiger partial charge in [0.2, 0.25) is 5.91 Å². The van der Waals surface area contributed by atoms with Gasteiger partial charge in [0.25, 0.3) is 0 Å². The molecule has 0 radical (unpaired) electrons. The lowest BCUT2D eigenvalue weighted by atomic mass is 9.92. The molecule has 2 N–H and O–H groups in total. The van der Waals surface area contributed by atoms with E-state index in [1.54, 1.807) is 6.20 Å². The Morgan fingerprint density at radius 1 is 1.59 bits per heavy atom. The van der Waals surface area contributed by atoms with Crippen molar-refractivity contribution in [1.29, 1.82) is 0 Å². The molecule has 2 rings (SSSR count). The lowest BCUT2D eigenvalue weighted by molar-refractivity contribution is -0.120. The number of nitrogens with zero attached hydrogens (tertiary/aromatic N) is 1. The van der Waals surface area contributed by atoms with Crippen molar-refractivity contribution < 1.29 is 4.79 Å². The largest absolute Gasteiger partial charge is 0.314 e. The first-order valence-electron chi connectivity index (χ1n) is 6.12. The number of hydrogen-bond donors (Lipinski definition) is 2. The number of anilines is 1. The third kappa shape index (κ3) is 3.27. The van der Waals surface area contributed by atoms with Crippen LogP contribution >= 0.6 is 0 Å². The summed E-state index contributed by atoms with van der Waals surface area (Å²) in [7, 11) is 0. The topological polar surface area (TPSA) is 54.0 Å². The van der Waals surface area contributed by atoms with Gasteiger partial charge in [-0.2, -0.15) is 0 Å². The Bertz CT molecular complexity index is 405. The summed E-state index contributed by atoms with van der Waals surface area (Å²) in [6, 6.07) is 4.23. The molecule has 0 spiro atoms. The first-order chi connectivity index (χ1) is 8.15. The van der Waals surface area contributed by atoms with Crippen LogP contribution in [0.15, 0.2) is 18.3 Å². The normalized spacial score (nSPS) is 24.4. The Balaban J connectivity index is 1.96. The number of rotatable bonds is 2. The lowest BCUT2D eigenvalue weighted by Crippen LogP contribution is -2.40. The quantitative estimate of drug-likeness (QED) is 0.817. The molecule has 0 bridgehead atoms. The van der Waals surface area contributed by atoms with Crippen LogP contribution in [-0.4, -0.2) is 23.5 Å². The first-order valence-corrected chi connectivity index (χ1v) is 6.12. The van der Waals surface area contributed by atoms with E-state index in [1.165, 1.54) is 0 Å². The molecule has 2 atom stereocenters. The van der Waals surface area contributed by atoms with E-state index >= 15 is 0 Å². The summed E-state index contributed by atoms with van der Waals surface area (Å²) in [5.74, 6) is 0.853. The molecule has 0 unspecified atom stereocenters. The van der Waals surface area contributed by atoms with Crippen LogP contribution in [0.25, 0.3) is 0 Å². The predicted molar refractivity (Wildman–Crippen MR) is 67.8 cm³/mol. The van der Waals surface area contributed by atoms with Crippen molar-refractivity contribution in [3.05, 3.63) is 23.9 Å². The second kappa shape index (κ2) is 5.27. The van der Waals surface area contributed by atoms with Gasteiger partial charge in [0.1, 0.15) is 5.82 Å². The molecule has 0 aromatic carbocycles. The molecule has 1 aromatic rings. The molecule has 1 saturated heterocycles. The zero-order valence-corrected chi connectivity index (χ0v) is 10.4. The molecule has 4 heteroatoms. The maximum atomic E-state index is 12.0. The number of carbonyl (C=O) groups is 1. The van der Waals surface area contributed by atoms with Crippen LogP contribution in [0, 0.1) is 12.8 Å². The molecule has 1 amide bonds. The summed E-state index contributed by atoms with van der Waals surface area (Å²) in [6.45, 7) is 5.02. The van der Waals surface area contributed by atoms with Crippen LogP contribution in [0.5, 0.6) is 0 Å². The van der Waals surface area contributed by atoms with E-state index in [9.17, 15) is 4.79 Å². The van der Waals surface area contributed by atoms with Crippen LogP contribution in [0.3, 0.4) is 0 Å². The number of nitrogens with one attached hydrogen (secondary N) is 2. The summed E-state index contributed by atoms with van der Waals surface area (Å²) in [5, 5.41) is 6.24. The highest BCUT2D eigenvalue weighted by Crippen LogP contribution is 2.18. The van der Waals surface area contributed by atoms with Gasteiger partial charge in [-0.15, -0.1) is 0 Å². The summed E-state index contributed by atoms with van der Waals surface area (Å²) in [4.78, 5) is 16.2. The van der Waals surface area contributed by atoms with E-state index in [0.29, 0.717) is 11.9 Å². The van der Waals surface area contributed by atoms with Gasteiger partial charge in [-0.25, -0.2) is 4.98 Å². The highest BCUT2D eigenvalue weighted by Gasteiger charge is 2.24. The molecule has 17 heavy (non-hydrogen) atoms. The van der Waals surface area contributed by atoms with Crippen LogP contribution in [0.1, 0.15) is 25.3 Å². The number of hydrogen-bond acceptors (Lipinski definition) is 3. The standard InChI is InChI=1S/C13H19N3O/c1-9-3-5-15-12(7-9)16-13(17)11-4-6-14-10(2)8-11/h3,5,7,10-11,14H,4,6,8H2,1-2H3,(H,15,16,17)/t10-,11-/m0/s1. The van der Waals surface area contributed by atoms with E-state index in [2.05, 4.69) is 22.5 Å². The Morgan fingerprint density at radius 2 is 2.41 bits per heavy atom. The second-order valence-corrected chi connectivity index (χ2v) is 4.78. The average molecular weight is 233 g/mol. The van der Waals surface area contributed by atoms with E-state index in [4.69, 9.17) is 0 Å². The van der Waals surface area contributed by atoms with Crippen LogP contribution in [0.2, 0.25) is 0 Å². The molecule has 0 aliphatic carbocycles. The number of amides is 1. The van der Waals surface area contributed by atoms with Gasteiger partial charge in [-0.05, 0) is 50.9 Å². The minimum Gasteiger partial charge on any atom is -0.314 e. The van der Waals surface area contributed by atoms with Crippen molar-refractivity contribution >= 4 is 11.7 Å². The molecular formula is C13H19N3O. The third-order valence-corrected chi connectivity index (χ3v) is 3.16. The summed E-state index contributed by atoms with van der Waals surface area (Å²) < 4.78 is 0. The van der Waals surface area contributed by atoms with Gasteiger partial charge in [-0.1, -0.05) is 0 Å². The minimum absolute atomic E-state index is 0.0939. The monoisotopic (exact) mass is 233 g/mol. The third-order valence-electron chi connectivity index (χ3n) is 3.16. The minimum atomic E-state index is 0.0939. The van der Waals surface area contributed by atoms with Gasteiger partial charge in [0, 0.05) is 18.2 Å². The molecule has 92 valence electrons. The predicted octanol–water partition coefficient (Wildman–Crippen LogP) is 1.72. The van der Waals surface area contributed by atoms with Gasteiger partial charge < -0.3 is 10.6 Å². The average Bonchev–Trinajstić information content (AvgIpc) is 2.29. The SMILES string of the molecule is Cc1ccnc(NC(=O)[C@H]2CCN[C@@H](C)C2)c1. The number of carbonyl (C=O) groups excluding carboxylic acids is 1. The molecule has 4 nitrogen and oxygen atoms in total. The van der Waals surface area contributed by atoms with E-state index in [1.807, 2.05) is 19.1 Å². The number of aromatic nitrogens is 1. The summed E-state index contributed by atoms with van der Waals surface area (Å²) >= 11 is 0. The molecular weight excluding hydrogens is 214 g/mol. The Hall–Kier alpha value is -1.42. The van der Waals surface area contributed by atoms with Gasteiger partial charge >= 0.3 is 0 Å². The van der Waals surface area contributed by atoms with Crippen molar-refractivity contribution in [2.45, 2.75) is 32.7 Å². The molecule has 1 aromatic heterocycles. The summed E-state index contributed by atoms with van der Waals surface area (Å²) in [5.41, 5.74) is 1.11. The van der Waals surface area contributed by atoms with Crippen LogP contribution in [0.4, 0.5) is 5.82 Å². The zero-order valence-electron chi connectivity index (χ0n) is 10.4. The van der Waals surface area contributed by atoms with Crippen molar-refractivity contribution in [2.75, 3.05) is 11.9 Å². The van der Waals surface area contributed by atoms with Crippen molar-refractivity contribution in [2.24, 2.45) is 5.92 Å². The highest BCUT2D eigenvalue weighted by molar-refractivity contribution is 5.91. The fraction of sp³-hybridized carbons (Fsp3) is 0.538. The highest BCUT2D eigenvalue weighted by atomic mass is 16.1. The first kappa shape index (κ1) is 12.0. The second-order valence-electron chi connectivity index (χ2n) is 4.78. The van der Waals surface area contributed by atoms with Crippen molar-refractivity contribution in [1.82, 2.24) is 10.3 Å². The number of pyridine rings is 1. The molecule has 0 saturated carbocycles.